The maximum atomic E-state index is 12.9. The van der Waals surface area contributed by atoms with Crippen molar-refractivity contribution < 1.29 is 9.53 Å². The predicted octanol–water partition coefficient (Wildman–Crippen LogP) is 4.17. The highest BCUT2D eigenvalue weighted by molar-refractivity contribution is 8.00. The number of nitrogens with zero attached hydrogens (tertiary/aromatic N) is 1. The molecule has 2 heterocycles. The summed E-state index contributed by atoms with van der Waals surface area (Å²) in [7, 11) is 1.69. The highest BCUT2D eigenvalue weighted by Crippen LogP contribution is 2.32. The highest BCUT2D eigenvalue weighted by Gasteiger charge is 2.25. The zero-order valence-electron chi connectivity index (χ0n) is 17.8. The summed E-state index contributed by atoms with van der Waals surface area (Å²) in [5, 5.41) is 3.44. The first-order valence-electron chi connectivity index (χ1n) is 11.0. The maximum absolute atomic E-state index is 12.9. The molecule has 1 unspecified atom stereocenters. The second kappa shape index (κ2) is 10.5. The van der Waals surface area contributed by atoms with Crippen molar-refractivity contribution in [3.8, 4) is 5.75 Å². The SMILES string of the molecule is COc1ccc2c(c1)CNCC(C(=O)CCN1CCC(Cc3ccccc3)CC1)S2. The van der Waals surface area contributed by atoms with Gasteiger partial charge in [0.15, 0.2) is 0 Å². The van der Waals surface area contributed by atoms with Gasteiger partial charge < -0.3 is 15.0 Å². The molecule has 0 aliphatic carbocycles. The highest BCUT2D eigenvalue weighted by atomic mass is 32.2. The minimum atomic E-state index is -0.00438. The minimum Gasteiger partial charge on any atom is -0.497 e. The van der Waals surface area contributed by atoms with Crippen LogP contribution in [0, 0.1) is 5.92 Å². The number of likely N-dealkylation sites (tertiary alicyclic amines) is 1. The smallest absolute Gasteiger partial charge is 0.148 e. The number of ketones is 1. The number of fused-ring (bicyclic) bond motifs is 1. The van der Waals surface area contributed by atoms with Crippen LogP contribution in [-0.2, 0) is 17.8 Å². The van der Waals surface area contributed by atoms with Crippen molar-refractivity contribution in [3.63, 3.8) is 0 Å². The van der Waals surface area contributed by atoms with Crippen LogP contribution in [0.15, 0.2) is 53.4 Å². The van der Waals surface area contributed by atoms with Gasteiger partial charge >= 0.3 is 0 Å². The van der Waals surface area contributed by atoms with E-state index in [2.05, 4.69) is 52.7 Å². The van der Waals surface area contributed by atoms with Gasteiger partial charge in [0, 0.05) is 31.0 Å². The van der Waals surface area contributed by atoms with E-state index < -0.39 is 0 Å². The number of piperidine rings is 1. The van der Waals surface area contributed by atoms with Crippen molar-refractivity contribution in [2.24, 2.45) is 5.92 Å². The van der Waals surface area contributed by atoms with Crippen molar-refractivity contribution in [1.29, 1.82) is 0 Å². The Labute approximate surface area is 184 Å². The van der Waals surface area contributed by atoms with E-state index >= 15 is 0 Å². The summed E-state index contributed by atoms with van der Waals surface area (Å²) >= 11 is 1.71. The molecule has 1 saturated heterocycles. The molecule has 1 fully saturated rings. The molecule has 30 heavy (non-hydrogen) atoms. The van der Waals surface area contributed by atoms with E-state index in [0.29, 0.717) is 12.2 Å². The zero-order chi connectivity index (χ0) is 20.8. The Hall–Kier alpha value is -1.82. The number of methoxy groups -OCH3 is 1. The number of Topliss-reactive ketones (excluding diaryl/α,β-unsaturated/α-hetero) is 1. The molecule has 5 heteroatoms. The van der Waals surface area contributed by atoms with Crippen molar-refractivity contribution >= 4 is 17.5 Å². The standard InChI is InChI=1S/C25H32N2O2S/c1-29-22-7-8-24-21(16-22)17-26-18-25(30-24)23(28)11-14-27-12-9-20(10-13-27)15-19-5-3-2-4-6-19/h2-8,16,20,25-26H,9-15,17-18H2,1H3. The molecule has 0 spiro atoms. The Bertz CT molecular complexity index is 834. The summed E-state index contributed by atoms with van der Waals surface area (Å²) in [5.41, 5.74) is 2.66. The van der Waals surface area contributed by atoms with Crippen LogP contribution < -0.4 is 10.1 Å². The van der Waals surface area contributed by atoms with Crippen molar-refractivity contribution in [2.75, 3.05) is 33.3 Å². The Morgan fingerprint density at radius 3 is 2.73 bits per heavy atom. The molecule has 2 aliphatic heterocycles. The van der Waals surface area contributed by atoms with Crippen LogP contribution >= 0.6 is 11.8 Å². The van der Waals surface area contributed by atoms with Gasteiger partial charge in [-0.05, 0) is 67.6 Å². The number of hydrogen-bond acceptors (Lipinski definition) is 5. The molecule has 2 aromatic rings. The van der Waals surface area contributed by atoms with Gasteiger partial charge in [-0.1, -0.05) is 30.3 Å². The quantitative estimate of drug-likeness (QED) is 0.722. The van der Waals surface area contributed by atoms with Crippen LogP contribution in [0.4, 0.5) is 0 Å². The number of hydrogen-bond donors (Lipinski definition) is 1. The Balaban J connectivity index is 1.23. The Morgan fingerprint density at radius 2 is 1.97 bits per heavy atom. The predicted molar refractivity (Wildman–Crippen MR) is 123 cm³/mol. The van der Waals surface area contributed by atoms with E-state index in [-0.39, 0.29) is 5.25 Å². The third kappa shape index (κ3) is 5.65. The lowest BCUT2D eigenvalue weighted by Gasteiger charge is -2.32. The van der Waals surface area contributed by atoms with Gasteiger partial charge in [-0.15, -0.1) is 11.8 Å². The second-order valence-corrected chi connectivity index (χ2v) is 9.65. The number of carbonyl (C=O) groups excluding carboxylic acids is 1. The molecular weight excluding hydrogens is 392 g/mol. The van der Waals surface area contributed by atoms with E-state index in [1.807, 2.05) is 6.07 Å². The summed E-state index contributed by atoms with van der Waals surface area (Å²) in [5.74, 6) is 2.01. The molecule has 0 bridgehead atoms. The molecule has 0 amide bonds. The fourth-order valence-electron chi connectivity index (χ4n) is 4.44. The average Bonchev–Trinajstić information content (AvgIpc) is 3.01. The van der Waals surface area contributed by atoms with Crippen LogP contribution in [0.2, 0.25) is 0 Å². The van der Waals surface area contributed by atoms with Crippen molar-refractivity contribution in [3.05, 3.63) is 59.7 Å². The topological polar surface area (TPSA) is 41.6 Å². The summed E-state index contributed by atoms with van der Waals surface area (Å²) in [6.45, 7) is 4.65. The summed E-state index contributed by atoms with van der Waals surface area (Å²) in [4.78, 5) is 16.6. The summed E-state index contributed by atoms with van der Waals surface area (Å²) < 4.78 is 5.33. The zero-order valence-corrected chi connectivity index (χ0v) is 18.6. The molecule has 2 aromatic carbocycles. The largest absolute Gasteiger partial charge is 0.497 e. The molecule has 0 saturated carbocycles. The molecule has 160 valence electrons. The summed E-state index contributed by atoms with van der Waals surface area (Å²) in [6, 6.07) is 17.0. The molecule has 2 aliphatic rings. The summed E-state index contributed by atoms with van der Waals surface area (Å²) in [6.07, 6.45) is 4.30. The van der Waals surface area contributed by atoms with E-state index in [0.717, 1.165) is 44.4 Å². The van der Waals surface area contributed by atoms with E-state index in [1.165, 1.54) is 35.3 Å². The third-order valence-electron chi connectivity index (χ3n) is 6.29. The van der Waals surface area contributed by atoms with E-state index in [9.17, 15) is 4.79 Å². The average molecular weight is 425 g/mol. The fourth-order valence-corrected chi connectivity index (χ4v) is 5.63. The van der Waals surface area contributed by atoms with Crippen LogP contribution in [0.5, 0.6) is 5.75 Å². The third-order valence-corrected chi connectivity index (χ3v) is 7.66. The van der Waals surface area contributed by atoms with Gasteiger partial charge in [-0.3, -0.25) is 4.79 Å². The minimum absolute atomic E-state index is 0.00438. The number of thioether (sulfide) groups is 1. The van der Waals surface area contributed by atoms with E-state index in [4.69, 9.17) is 4.74 Å². The van der Waals surface area contributed by atoms with Crippen molar-refractivity contribution in [1.82, 2.24) is 10.2 Å². The maximum Gasteiger partial charge on any atom is 0.148 e. The van der Waals surface area contributed by atoms with Gasteiger partial charge in [-0.25, -0.2) is 0 Å². The Kier molecular flexibility index (Phi) is 7.47. The Morgan fingerprint density at radius 1 is 1.17 bits per heavy atom. The number of ether oxygens (including phenoxy) is 1. The second-order valence-electron chi connectivity index (χ2n) is 8.40. The van der Waals surface area contributed by atoms with Gasteiger partial charge in [-0.2, -0.15) is 0 Å². The van der Waals surface area contributed by atoms with Gasteiger partial charge in [0.1, 0.15) is 11.5 Å². The fraction of sp³-hybridized carbons (Fsp3) is 0.480. The van der Waals surface area contributed by atoms with E-state index in [1.54, 1.807) is 18.9 Å². The van der Waals surface area contributed by atoms with Gasteiger partial charge in [0.05, 0.1) is 12.4 Å². The molecule has 0 radical (unpaired) electrons. The lowest BCUT2D eigenvalue weighted by molar-refractivity contribution is -0.118. The van der Waals surface area contributed by atoms with Crippen LogP contribution in [0.25, 0.3) is 0 Å². The molecule has 4 rings (SSSR count). The molecule has 1 atom stereocenters. The number of carbonyl (C=O) groups is 1. The van der Waals surface area contributed by atoms with Gasteiger partial charge in [0.2, 0.25) is 0 Å². The van der Waals surface area contributed by atoms with Crippen molar-refractivity contribution in [2.45, 2.75) is 42.4 Å². The first kappa shape index (κ1) is 21.4. The molecule has 4 nitrogen and oxygen atoms in total. The van der Waals surface area contributed by atoms with Crippen LogP contribution in [-0.4, -0.2) is 49.2 Å². The lowest BCUT2D eigenvalue weighted by atomic mass is 9.90. The molecule has 1 N–H and O–H groups in total. The number of rotatable bonds is 7. The lowest BCUT2D eigenvalue weighted by Crippen LogP contribution is -2.37. The number of nitrogens with one attached hydrogen (secondary N) is 1. The van der Waals surface area contributed by atoms with Gasteiger partial charge in [0.25, 0.3) is 0 Å². The number of benzene rings is 2. The van der Waals surface area contributed by atoms with Crippen LogP contribution in [0.3, 0.4) is 0 Å². The molecular formula is C25H32N2O2S. The molecule has 0 aromatic heterocycles. The van der Waals surface area contributed by atoms with Crippen LogP contribution in [0.1, 0.15) is 30.4 Å². The monoisotopic (exact) mass is 424 g/mol. The first-order chi connectivity index (χ1) is 14.7. The normalized spacial score (nSPS) is 20.4. The first-order valence-corrected chi connectivity index (χ1v) is 11.9.